The van der Waals surface area contributed by atoms with Crippen molar-refractivity contribution >= 4 is 12.6 Å². The van der Waals surface area contributed by atoms with Crippen LogP contribution in [0.4, 0.5) is 0 Å². The fraction of sp³-hybridized carbons (Fsp3) is 0.250. The third-order valence-corrected chi connectivity index (χ3v) is 3.57. The van der Waals surface area contributed by atoms with Crippen LogP contribution < -0.4 is 10.2 Å². The van der Waals surface area contributed by atoms with Gasteiger partial charge in [-0.1, -0.05) is 24.3 Å². The molecule has 0 fully saturated rings. The van der Waals surface area contributed by atoms with Gasteiger partial charge in [-0.15, -0.1) is 0 Å². The molecule has 0 amide bonds. The Balaban J connectivity index is 1.80. The van der Waals surface area contributed by atoms with Crippen LogP contribution in [0, 0.1) is 0 Å². The fourth-order valence-corrected chi connectivity index (χ4v) is 2.55. The molecule has 2 aromatic rings. The number of rotatable bonds is 5. The first-order valence-corrected chi connectivity index (χ1v) is 7.09. The monoisotopic (exact) mass is 284 g/mol. The maximum Gasteiger partial charge on any atom is 0.492 e. The molecule has 2 N–H and O–H groups in total. The first-order chi connectivity index (χ1) is 10.3. The number of ether oxygens (including phenoxy) is 1. The van der Waals surface area contributed by atoms with Gasteiger partial charge >= 0.3 is 7.12 Å². The second kappa shape index (κ2) is 6.31. The topological polar surface area (TPSA) is 58.9 Å². The molecule has 0 spiro atoms. The van der Waals surface area contributed by atoms with Crippen molar-refractivity contribution in [2.75, 3.05) is 6.61 Å². The third-order valence-electron chi connectivity index (χ3n) is 3.57. The molecule has 21 heavy (non-hydrogen) atoms. The summed E-state index contributed by atoms with van der Waals surface area (Å²) in [6.07, 6.45) is 1.19. The van der Waals surface area contributed by atoms with E-state index in [4.69, 9.17) is 14.5 Å². The Hall–Kier alpha value is -1.82. The highest BCUT2D eigenvalue weighted by Gasteiger charge is 2.34. The second-order valence-corrected chi connectivity index (χ2v) is 5.05. The Morgan fingerprint density at radius 2 is 1.90 bits per heavy atom. The molecule has 5 heteroatoms. The molecule has 0 saturated heterocycles. The van der Waals surface area contributed by atoms with Gasteiger partial charge in [0.15, 0.2) is 0 Å². The summed E-state index contributed by atoms with van der Waals surface area (Å²) in [6.45, 7) is 0.125. The number of benzene rings is 2. The smallest absolute Gasteiger partial charge is 0.457 e. The molecule has 1 aliphatic rings. The SMILES string of the molecule is OCCCC1OB(O)c2cc(Oc3ccccc3)ccc21. The summed E-state index contributed by atoms with van der Waals surface area (Å²) in [4.78, 5) is 0. The normalized spacial score (nSPS) is 16.9. The molecule has 1 heterocycles. The van der Waals surface area contributed by atoms with Crippen LogP contribution in [0.2, 0.25) is 0 Å². The van der Waals surface area contributed by atoms with Gasteiger partial charge in [0.05, 0.1) is 6.10 Å². The Morgan fingerprint density at radius 3 is 2.67 bits per heavy atom. The standard InChI is InChI=1S/C16H17BO4/c18-10-4-7-16-14-9-8-13(11-15(14)17(19)21-16)20-12-5-2-1-3-6-12/h1-3,5-6,8-9,11,16,18-19H,4,7,10H2. The minimum absolute atomic E-state index is 0.125. The van der Waals surface area contributed by atoms with Gasteiger partial charge in [-0.05, 0) is 48.1 Å². The molecule has 1 atom stereocenters. The maximum absolute atomic E-state index is 10.0. The van der Waals surface area contributed by atoms with Crippen molar-refractivity contribution in [2.24, 2.45) is 0 Å². The summed E-state index contributed by atoms with van der Waals surface area (Å²) in [7, 11) is -0.928. The predicted octanol–water partition coefficient (Wildman–Crippen LogP) is 2.01. The van der Waals surface area contributed by atoms with E-state index in [2.05, 4.69) is 0 Å². The van der Waals surface area contributed by atoms with Crippen LogP contribution in [0.1, 0.15) is 24.5 Å². The molecule has 0 radical (unpaired) electrons. The number of aliphatic hydroxyl groups is 1. The molecule has 0 aliphatic carbocycles. The number of fused-ring (bicyclic) bond motifs is 1. The summed E-state index contributed by atoms with van der Waals surface area (Å²) in [5, 5.41) is 18.9. The van der Waals surface area contributed by atoms with Gasteiger partial charge in [0, 0.05) is 6.61 Å². The van der Waals surface area contributed by atoms with Crippen molar-refractivity contribution in [3.8, 4) is 11.5 Å². The Kier molecular flexibility index (Phi) is 4.24. The lowest BCUT2D eigenvalue weighted by Crippen LogP contribution is -2.27. The number of hydrogen-bond acceptors (Lipinski definition) is 4. The summed E-state index contributed by atoms with van der Waals surface area (Å²) in [5.41, 5.74) is 1.71. The first-order valence-electron chi connectivity index (χ1n) is 7.09. The van der Waals surface area contributed by atoms with Crippen LogP contribution in [-0.2, 0) is 4.65 Å². The number of para-hydroxylation sites is 1. The Bertz CT molecular complexity index is 602. The van der Waals surface area contributed by atoms with Gasteiger partial charge in [-0.2, -0.15) is 0 Å². The van der Waals surface area contributed by atoms with E-state index >= 15 is 0 Å². The molecule has 0 bridgehead atoms. The number of aliphatic hydroxyl groups excluding tert-OH is 1. The average Bonchev–Trinajstić information content (AvgIpc) is 2.82. The maximum atomic E-state index is 10.0. The van der Waals surface area contributed by atoms with E-state index in [9.17, 15) is 5.02 Å². The van der Waals surface area contributed by atoms with Crippen LogP contribution in [0.3, 0.4) is 0 Å². The van der Waals surface area contributed by atoms with Crippen LogP contribution in [0.15, 0.2) is 48.5 Å². The minimum atomic E-state index is -0.928. The highest BCUT2D eigenvalue weighted by Crippen LogP contribution is 2.30. The van der Waals surface area contributed by atoms with E-state index in [0.717, 1.165) is 16.8 Å². The zero-order valence-corrected chi connectivity index (χ0v) is 11.6. The van der Waals surface area contributed by atoms with E-state index in [1.54, 1.807) is 0 Å². The highest BCUT2D eigenvalue weighted by molar-refractivity contribution is 6.61. The van der Waals surface area contributed by atoms with Crippen molar-refractivity contribution in [1.29, 1.82) is 0 Å². The lowest BCUT2D eigenvalue weighted by atomic mass is 9.79. The van der Waals surface area contributed by atoms with Crippen LogP contribution in [-0.4, -0.2) is 23.9 Å². The summed E-state index contributed by atoms with van der Waals surface area (Å²) < 4.78 is 11.3. The molecular weight excluding hydrogens is 267 g/mol. The molecule has 0 aromatic heterocycles. The lowest BCUT2D eigenvalue weighted by Gasteiger charge is -2.11. The molecule has 4 nitrogen and oxygen atoms in total. The van der Waals surface area contributed by atoms with Crippen LogP contribution >= 0.6 is 0 Å². The van der Waals surface area contributed by atoms with Gasteiger partial charge in [0.25, 0.3) is 0 Å². The molecule has 2 aromatic carbocycles. The molecule has 3 rings (SSSR count). The predicted molar refractivity (Wildman–Crippen MR) is 80.7 cm³/mol. The van der Waals surface area contributed by atoms with Crippen molar-refractivity contribution in [2.45, 2.75) is 18.9 Å². The van der Waals surface area contributed by atoms with Crippen molar-refractivity contribution in [1.82, 2.24) is 0 Å². The third kappa shape index (κ3) is 3.10. The van der Waals surface area contributed by atoms with Gasteiger partial charge in [-0.25, -0.2) is 0 Å². The molecular formula is C16H17BO4. The molecule has 0 saturated carbocycles. The molecule has 1 unspecified atom stereocenters. The van der Waals surface area contributed by atoms with E-state index < -0.39 is 7.12 Å². The summed E-state index contributed by atoms with van der Waals surface area (Å²) in [5.74, 6) is 1.42. The first kappa shape index (κ1) is 14.1. The largest absolute Gasteiger partial charge is 0.492 e. The average molecular weight is 284 g/mol. The highest BCUT2D eigenvalue weighted by atomic mass is 16.5. The van der Waals surface area contributed by atoms with E-state index in [0.29, 0.717) is 18.6 Å². The fourth-order valence-electron chi connectivity index (χ4n) is 2.55. The number of hydrogen-bond donors (Lipinski definition) is 2. The van der Waals surface area contributed by atoms with Crippen LogP contribution in [0.5, 0.6) is 11.5 Å². The van der Waals surface area contributed by atoms with Gasteiger partial charge in [0.1, 0.15) is 11.5 Å². The van der Waals surface area contributed by atoms with Crippen molar-refractivity contribution < 1.29 is 19.5 Å². The van der Waals surface area contributed by atoms with E-state index in [1.807, 2.05) is 48.5 Å². The summed E-state index contributed by atoms with van der Waals surface area (Å²) >= 11 is 0. The van der Waals surface area contributed by atoms with Crippen LogP contribution in [0.25, 0.3) is 0 Å². The lowest BCUT2D eigenvalue weighted by molar-refractivity contribution is 0.165. The van der Waals surface area contributed by atoms with Gasteiger partial charge in [-0.3, -0.25) is 0 Å². The Morgan fingerprint density at radius 1 is 1.10 bits per heavy atom. The molecule has 108 valence electrons. The van der Waals surface area contributed by atoms with Crippen molar-refractivity contribution in [3.63, 3.8) is 0 Å². The minimum Gasteiger partial charge on any atom is -0.457 e. The molecule has 1 aliphatic heterocycles. The van der Waals surface area contributed by atoms with E-state index in [1.165, 1.54) is 0 Å². The summed E-state index contributed by atoms with van der Waals surface area (Å²) in [6, 6.07) is 15.1. The zero-order valence-electron chi connectivity index (χ0n) is 11.6. The quantitative estimate of drug-likeness (QED) is 0.825. The van der Waals surface area contributed by atoms with Gasteiger partial charge < -0.3 is 19.5 Å². The van der Waals surface area contributed by atoms with Crippen molar-refractivity contribution in [3.05, 3.63) is 54.1 Å². The van der Waals surface area contributed by atoms with Gasteiger partial charge in [0.2, 0.25) is 0 Å². The zero-order chi connectivity index (χ0) is 14.7. The van der Waals surface area contributed by atoms with E-state index in [-0.39, 0.29) is 12.7 Å². The Labute approximate surface area is 124 Å². The second-order valence-electron chi connectivity index (χ2n) is 5.05.